The molecule has 2 aromatic rings. The summed E-state index contributed by atoms with van der Waals surface area (Å²) in [6, 6.07) is 14.1. The molecule has 0 atom stereocenters. The fraction of sp³-hybridized carbons (Fsp3) is 0.381. The average Bonchev–Trinajstić information content (AvgIpc) is 2.56. The van der Waals surface area contributed by atoms with Crippen molar-refractivity contribution in [1.82, 2.24) is 5.32 Å². The van der Waals surface area contributed by atoms with E-state index in [1.165, 1.54) is 11.1 Å². The molecule has 0 aromatic heterocycles. The van der Waals surface area contributed by atoms with Crippen LogP contribution in [0.3, 0.4) is 0 Å². The molecule has 0 saturated carbocycles. The van der Waals surface area contributed by atoms with Crippen molar-refractivity contribution in [3.63, 3.8) is 0 Å². The normalized spacial score (nSPS) is 13.4. The molecule has 25 heavy (non-hydrogen) atoms. The Kier molecular flexibility index (Phi) is 4.98. The number of rotatable bonds is 5. The van der Waals surface area contributed by atoms with Crippen LogP contribution >= 0.6 is 0 Å². The highest BCUT2D eigenvalue weighted by atomic mass is 16.6. The smallest absolute Gasteiger partial charge is 0.224 e. The second-order valence-corrected chi connectivity index (χ2v) is 7.25. The number of nitrogens with one attached hydrogen (secondary N) is 1. The first kappa shape index (κ1) is 17.3. The van der Waals surface area contributed by atoms with Crippen molar-refractivity contribution < 1.29 is 14.3 Å². The first-order chi connectivity index (χ1) is 11.9. The van der Waals surface area contributed by atoms with Gasteiger partial charge in [0, 0.05) is 5.54 Å². The third-order valence-electron chi connectivity index (χ3n) is 4.22. The summed E-state index contributed by atoms with van der Waals surface area (Å²) in [4.78, 5) is 12.5. The van der Waals surface area contributed by atoms with Crippen molar-refractivity contribution in [3.8, 4) is 11.5 Å². The molecule has 4 heteroatoms. The van der Waals surface area contributed by atoms with Crippen LogP contribution < -0.4 is 14.8 Å². The molecule has 0 unspecified atom stereocenters. The first-order valence-electron chi connectivity index (χ1n) is 8.66. The van der Waals surface area contributed by atoms with E-state index in [-0.39, 0.29) is 11.4 Å². The van der Waals surface area contributed by atoms with Crippen molar-refractivity contribution in [2.45, 2.75) is 39.2 Å². The van der Waals surface area contributed by atoms with Crippen LogP contribution in [0.2, 0.25) is 0 Å². The van der Waals surface area contributed by atoms with Crippen molar-refractivity contribution in [3.05, 3.63) is 59.2 Å². The molecule has 0 saturated heterocycles. The van der Waals surface area contributed by atoms with Gasteiger partial charge < -0.3 is 14.8 Å². The Morgan fingerprint density at radius 3 is 2.36 bits per heavy atom. The fourth-order valence-corrected chi connectivity index (χ4v) is 3.07. The minimum absolute atomic E-state index is 0.00814. The molecule has 0 aliphatic carbocycles. The Morgan fingerprint density at radius 2 is 1.64 bits per heavy atom. The Labute approximate surface area is 149 Å². The summed E-state index contributed by atoms with van der Waals surface area (Å²) in [5.74, 6) is 1.47. The summed E-state index contributed by atoms with van der Waals surface area (Å²) in [6.07, 6.45) is 1.12. The van der Waals surface area contributed by atoms with Crippen LogP contribution in [0.4, 0.5) is 0 Å². The minimum Gasteiger partial charge on any atom is -0.486 e. The number of amides is 1. The Balaban J connectivity index is 1.60. The van der Waals surface area contributed by atoms with Crippen LogP contribution in [-0.4, -0.2) is 24.7 Å². The first-order valence-corrected chi connectivity index (χ1v) is 8.66. The Morgan fingerprint density at radius 1 is 1.00 bits per heavy atom. The highest BCUT2D eigenvalue weighted by Gasteiger charge is 2.21. The second kappa shape index (κ2) is 7.18. The van der Waals surface area contributed by atoms with E-state index in [4.69, 9.17) is 9.47 Å². The molecular formula is C21H25NO3. The van der Waals surface area contributed by atoms with Gasteiger partial charge in [-0.25, -0.2) is 0 Å². The lowest BCUT2D eigenvalue weighted by Gasteiger charge is -2.27. The minimum atomic E-state index is -0.305. The number of aryl methyl sites for hydroxylation is 1. The molecule has 2 aromatic carbocycles. The number of ether oxygens (including phenoxy) is 2. The van der Waals surface area contributed by atoms with Crippen LogP contribution in [0.1, 0.15) is 30.5 Å². The van der Waals surface area contributed by atoms with Crippen molar-refractivity contribution in [2.75, 3.05) is 13.2 Å². The van der Waals surface area contributed by atoms with Crippen LogP contribution in [0.5, 0.6) is 11.5 Å². The lowest BCUT2D eigenvalue weighted by molar-refractivity contribution is -0.122. The van der Waals surface area contributed by atoms with Gasteiger partial charge in [0.15, 0.2) is 11.5 Å². The quantitative estimate of drug-likeness (QED) is 0.908. The van der Waals surface area contributed by atoms with Gasteiger partial charge in [0.2, 0.25) is 5.91 Å². The molecule has 0 fully saturated rings. The van der Waals surface area contributed by atoms with Crippen molar-refractivity contribution in [2.24, 2.45) is 0 Å². The van der Waals surface area contributed by atoms with Crippen molar-refractivity contribution in [1.29, 1.82) is 0 Å². The molecule has 1 aliphatic rings. The number of carbonyl (C=O) groups excluding carboxylic acids is 1. The molecule has 3 rings (SSSR count). The summed E-state index contributed by atoms with van der Waals surface area (Å²) in [7, 11) is 0. The SMILES string of the molecule is Cc1ccc(CC(C)(C)NC(=O)Cc2ccc3c(c2)OCCO3)cc1. The predicted octanol–water partition coefficient (Wildman–Crippen LogP) is 3.45. The Hall–Kier alpha value is -2.49. The van der Waals surface area contributed by atoms with Crippen LogP contribution in [0.25, 0.3) is 0 Å². The number of carbonyl (C=O) groups is 1. The zero-order valence-corrected chi connectivity index (χ0v) is 15.1. The third-order valence-corrected chi connectivity index (χ3v) is 4.22. The van der Waals surface area contributed by atoms with E-state index in [0.29, 0.717) is 19.6 Å². The number of hydrogen-bond donors (Lipinski definition) is 1. The number of fused-ring (bicyclic) bond motifs is 1. The average molecular weight is 339 g/mol. The summed E-state index contributed by atoms with van der Waals surface area (Å²) in [5, 5.41) is 3.14. The van der Waals surface area contributed by atoms with E-state index < -0.39 is 0 Å². The van der Waals surface area contributed by atoms with Gasteiger partial charge >= 0.3 is 0 Å². The lowest BCUT2D eigenvalue weighted by atomic mass is 9.94. The number of hydrogen-bond acceptors (Lipinski definition) is 3. The standard InChI is InChI=1S/C21H25NO3/c1-15-4-6-16(7-5-15)14-21(2,3)22-20(23)13-17-8-9-18-19(12-17)25-11-10-24-18/h4-9,12H,10-11,13-14H2,1-3H3,(H,22,23). The zero-order valence-electron chi connectivity index (χ0n) is 15.1. The summed E-state index contributed by atoms with van der Waals surface area (Å²) >= 11 is 0. The molecule has 1 amide bonds. The molecule has 0 spiro atoms. The largest absolute Gasteiger partial charge is 0.486 e. The fourth-order valence-electron chi connectivity index (χ4n) is 3.07. The molecule has 1 heterocycles. The van der Waals surface area contributed by atoms with Gasteiger partial charge in [0.05, 0.1) is 6.42 Å². The highest BCUT2D eigenvalue weighted by molar-refractivity contribution is 5.79. The second-order valence-electron chi connectivity index (χ2n) is 7.25. The maximum atomic E-state index is 12.5. The van der Waals surface area contributed by atoms with Gasteiger partial charge in [0.1, 0.15) is 13.2 Å². The number of benzene rings is 2. The van der Waals surface area contributed by atoms with Crippen LogP contribution in [-0.2, 0) is 17.6 Å². The summed E-state index contributed by atoms with van der Waals surface area (Å²) in [6.45, 7) is 7.29. The van der Waals surface area contributed by atoms with Crippen molar-refractivity contribution >= 4 is 5.91 Å². The van der Waals surface area contributed by atoms with E-state index in [1.807, 2.05) is 18.2 Å². The van der Waals surface area contributed by atoms with E-state index in [1.54, 1.807) is 0 Å². The van der Waals surface area contributed by atoms with Crippen LogP contribution in [0.15, 0.2) is 42.5 Å². The lowest BCUT2D eigenvalue weighted by Crippen LogP contribution is -2.45. The van der Waals surface area contributed by atoms with E-state index >= 15 is 0 Å². The molecule has 1 aliphatic heterocycles. The molecular weight excluding hydrogens is 314 g/mol. The van der Waals surface area contributed by atoms with Crippen LogP contribution in [0, 0.1) is 6.92 Å². The van der Waals surface area contributed by atoms with Gasteiger partial charge in [-0.05, 0) is 50.5 Å². The molecule has 4 nitrogen and oxygen atoms in total. The molecule has 1 N–H and O–H groups in total. The van der Waals surface area contributed by atoms with Gasteiger partial charge in [0.25, 0.3) is 0 Å². The van der Waals surface area contributed by atoms with Gasteiger partial charge in [-0.1, -0.05) is 35.9 Å². The highest BCUT2D eigenvalue weighted by Crippen LogP contribution is 2.30. The zero-order chi connectivity index (χ0) is 17.9. The molecule has 132 valence electrons. The molecule has 0 radical (unpaired) electrons. The summed E-state index contributed by atoms with van der Waals surface area (Å²) < 4.78 is 11.1. The van der Waals surface area contributed by atoms with Gasteiger partial charge in [-0.15, -0.1) is 0 Å². The van der Waals surface area contributed by atoms with E-state index in [2.05, 4.69) is 50.4 Å². The maximum absolute atomic E-state index is 12.5. The summed E-state index contributed by atoms with van der Waals surface area (Å²) in [5.41, 5.74) is 3.08. The Bertz CT molecular complexity index is 750. The predicted molar refractivity (Wildman–Crippen MR) is 98.2 cm³/mol. The maximum Gasteiger partial charge on any atom is 0.224 e. The van der Waals surface area contributed by atoms with E-state index in [0.717, 1.165) is 23.5 Å². The molecule has 0 bridgehead atoms. The van der Waals surface area contributed by atoms with E-state index in [9.17, 15) is 4.79 Å². The van der Waals surface area contributed by atoms with Gasteiger partial charge in [-0.3, -0.25) is 4.79 Å². The van der Waals surface area contributed by atoms with Gasteiger partial charge in [-0.2, -0.15) is 0 Å². The topological polar surface area (TPSA) is 47.6 Å². The third kappa shape index (κ3) is 4.75. The monoisotopic (exact) mass is 339 g/mol.